The predicted molar refractivity (Wildman–Crippen MR) is 69.3 cm³/mol. The summed E-state index contributed by atoms with van der Waals surface area (Å²) in [6, 6.07) is 4.36. The third kappa shape index (κ3) is 2.93. The van der Waals surface area contributed by atoms with E-state index in [-0.39, 0.29) is 11.9 Å². The third-order valence-electron chi connectivity index (χ3n) is 3.03. The summed E-state index contributed by atoms with van der Waals surface area (Å²) in [5.41, 5.74) is 7.80. The van der Waals surface area contributed by atoms with Crippen LogP contribution >= 0.6 is 0 Å². The van der Waals surface area contributed by atoms with Crippen LogP contribution in [-0.2, 0) is 6.61 Å². The number of hydrogen-bond donors (Lipinski definition) is 1. The zero-order valence-electron chi connectivity index (χ0n) is 11.2. The Morgan fingerprint density at radius 2 is 2.16 bits per heavy atom. The van der Waals surface area contributed by atoms with Gasteiger partial charge in [-0.25, -0.2) is 4.39 Å². The van der Waals surface area contributed by atoms with Gasteiger partial charge in [-0.15, -0.1) is 0 Å². The van der Waals surface area contributed by atoms with Gasteiger partial charge in [0.25, 0.3) is 0 Å². The second kappa shape index (κ2) is 5.40. The van der Waals surface area contributed by atoms with Crippen LogP contribution in [0.15, 0.2) is 22.7 Å². The highest BCUT2D eigenvalue weighted by atomic mass is 19.1. The number of hydrogen-bond acceptors (Lipinski definition) is 4. The maximum atomic E-state index is 13.7. The van der Waals surface area contributed by atoms with E-state index >= 15 is 0 Å². The van der Waals surface area contributed by atoms with Crippen molar-refractivity contribution >= 4 is 0 Å². The van der Waals surface area contributed by atoms with Crippen molar-refractivity contribution in [3.63, 3.8) is 0 Å². The molecule has 19 heavy (non-hydrogen) atoms. The first-order chi connectivity index (χ1) is 8.99. The SMILES string of the molecule is Cc1noc(C)c1COc1ccc(C(C)N)c(F)c1. The first kappa shape index (κ1) is 13.5. The Bertz CT molecular complexity index is 559. The molecule has 0 aliphatic carbocycles. The van der Waals surface area contributed by atoms with E-state index < -0.39 is 0 Å². The van der Waals surface area contributed by atoms with E-state index in [1.807, 2.05) is 13.8 Å². The molecule has 1 unspecified atom stereocenters. The molecule has 1 atom stereocenters. The lowest BCUT2D eigenvalue weighted by atomic mass is 10.1. The van der Waals surface area contributed by atoms with Crippen LogP contribution < -0.4 is 10.5 Å². The second-order valence-corrected chi connectivity index (χ2v) is 4.56. The minimum atomic E-state index is -0.355. The summed E-state index contributed by atoms with van der Waals surface area (Å²) in [5.74, 6) is 0.818. The Balaban J connectivity index is 2.10. The molecule has 2 rings (SSSR count). The molecule has 0 amide bonds. The molecular weight excluding hydrogens is 247 g/mol. The van der Waals surface area contributed by atoms with Crippen LogP contribution in [0, 0.1) is 19.7 Å². The second-order valence-electron chi connectivity index (χ2n) is 4.56. The summed E-state index contributed by atoms with van der Waals surface area (Å²) in [5, 5.41) is 3.84. The molecular formula is C14H17FN2O2. The smallest absolute Gasteiger partial charge is 0.140 e. The number of halogens is 1. The average Bonchev–Trinajstić information content (AvgIpc) is 2.66. The summed E-state index contributed by atoms with van der Waals surface area (Å²) in [6.45, 7) is 5.70. The van der Waals surface area contributed by atoms with E-state index in [2.05, 4.69) is 5.16 Å². The topological polar surface area (TPSA) is 61.3 Å². The largest absolute Gasteiger partial charge is 0.489 e. The molecule has 1 aromatic carbocycles. The van der Waals surface area contributed by atoms with Gasteiger partial charge in [-0.1, -0.05) is 11.2 Å². The molecule has 0 radical (unpaired) electrons. The summed E-state index contributed by atoms with van der Waals surface area (Å²) in [6.07, 6.45) is 0. The molecule has 1 aromatic heterocycles. The van der Waals surface area contributed by atoms with Crippen molar-refractivity contribution in [2.45, 2.75) is 33.4 Å². The van der Waals surface area contributed by atoms with Crippen molar-refractivity contribution in [1.29, 1.82) is 0 Å². The highest BCUT2D eigenvalue weighted by Gasteiger charge is 2.11. The zero-order chi connectivity index (χ0) is 14.0. The van der Waals surface area contributed by atoms with E-state index in [0.717, 1.165) is 11.3 Å². The number of ether oxygens (including phenoxy) is 1. The van der Waals surface area contributed by atoms with Gasteiger partial charge in [0.05, 0.1) is 11.3 Å². The Morgan fingerprint density at radius 3 is 2.68 bits per heavy atom. The van der Waals surface area contributed by atoms with Crippen molar-refractivity contribution in [3.05, 3.63) is 46.6 Å². The molecule has 0 saturated carbocycles. The number of aryl methyl sites for hydroxylation is 2. The Labute approximate surface area is 111 Å². The predicted octanol–water partition coefficient (Wildman–Crippen LogP) is 3.03. The van der Waals surface area contributed by atoms with Crippen LogP contribution in [0.4, 0.5) is 4.39 Å². The van der Waals surface area contributed by atoms with Gasteiger partial charge in [0, 0.05) is 17.7 Å². The van der Waals surface area contributed by atoms with Gasteiger partial charge < -0.3 is 15.0 Å². The van der Waals surface area contributed by atoms with Crippen molar-refractivity contribution < 1.29 is 13.7 Å². The minimum Gasteiger partial charge on any atom is -0.489 e. The molecule has 0 aliphatic heterocycles. The molecule has 0 fully saturated rings. The summed E-state index contributed by atoms with van der Waals surface area (Å²) < 4.78 is 24.3. The van der Waals surface area contributed by atoms with E-state index in [0.29, 0.717) is 23.7 Å². The first-order valence-corrected chi connectivity index (χ1v) is 6.08. The average molecular weight is 264 g/mol. The molecule has 5 heteroatoms. The Kier molecular flexibility index (Phi) is 3.85. The normalized spacial score (nSPS) is 12.5. The molecule has 0 aliphatic rings. The quantitative estimate of drug-likeness (QED) is 0.922. The van der Waals surface area contributed by atoms with Crippen LogP contribution in [0.3, 0.4) is 0 Å². The van der Waals surface area contributed by atoms with E-state index in [4.69, 9.17) is 15.0 Å². The number of nitrogens with two attached hydrogens (primary N) is 1. The van der Waals surface area contributed by atoms with Crippen molar-refractivity contribution in [2.24, 2.45) is 5.73 Å². The molecule has 0 saturated heterocycles. The lowest BCUT2D eigenvalue weighted by Crippen LogP contribution is -2.07. The molecule has 2 aromatic rings. The fourth-order valence-corrected chi connectivity index (χ4v) is 1.83. The van der Waals surface area contributed by atoms with Crippen LogP contribution in [-0.4, -0.2) is 5.16 Å². The Hall–Kier alpha value is -1.88. The van der Waals surface area contributed by atoms with Crippen molar-refractivity contribution in [2.75, 3.05) is 0 Å². The summed E-state index contributed by atoms with van der Waals surface area (Å²) in [7, 11) is 0. The minimum absolute atomic E-state index is 0.304. The highest BCUT2D eigenvalue weighted by Crippen LogP contribution is 2.22. The molecule has 0 bridgehead atoms. The molecule has 0 spiro atoms. The monoisotopic (exact) mass is 264 g/mol. The number of aromatic nitrogens is 1. The van der Waals surface area contributed by atoms with Gasteiger partial charge >= 0.3 is 0 Å². The maximum Gasteiger partial charge on any atom is 0.140 e. The third-order valence-corrected chi connectivity index (χ3v) is 3.03. The van der Waals surface area contributed by atoms with Gasteiger partial charge in [-0.2, -0.15) is 0 Å². The molecule has 2 N–H and O–H groups in total. The fourth-order valence-electron chi connectivity index (χ4n) is 1.83. The number of nitrogens with zero attached hydrogens (tertiary/aromatic N) is 1. The van der Waals surface area contributed by atoms with E-state index in [1.165, 1.54) is 6.07 Å². The summed E-state index contributed by atoms with van der Waals surface area (Å²) in [4.78, 5) is 0. The standard InChI is InChI=1S/C14H17FN2O2/c1-8(16)12-5-4-11(6-14(12)15)18-7-13-9(2)17-19-10(13)3/h4-6,8H,7,16H2,1-3H3. The van der Waals surface area contributed by atoms with Crippen molar-refractivity contribution in [3.8, 4) is 5.75 Å². The van der Waals surface area contributed by atoms with Gasteiger partial charge in [-0.3, -0.25) is 0 Å². The first-order valence-electron chi connectivity index (χ1n) is 6.08. The van der Waals surface area contributed by atoms with Crippen LogP contribution in [0.25, 0.3) is 0 Å². The van der Waals surface area contributed by atoms with E-state index in [1.54, 1.807) is 19.1 Å². The zero-order valence-corrected chi connectivity index (χ0v) is 11.2. The van der Waals surface area contributed by atoms with Gasteiger partial charge in [-0.05, 0) is 26.8 Å². The van der Waals surface area contributed by atoms with Crippen LogP contribution in [0.2, 0.25) is 0 Å². The number of rotatable bonds is 4. The van der Waals surface area contributed by atoms with Gasteiger partial charge in [0.2, 0.25) is 0 Å². The van der Waals surface area contributed by atoms with Crippen LogP contribution in [0.5, 0.6) is 5.75 Å². The van der Waals surface area contributed by atoms with Gasteiger partial charge in [0.1, 0.15) is 23.9 Å². The molecule has 102 valence electrons. The molecule has 4 nitrogen and oxygen atoms in total. The van der Waals surface area contributed by atoms with E-state index in [9.17, 15) is 4.39 Å². The Morgan fingerprint density at radius 1 is 1.42 bits per heavy atom. The summed E-state index contributed by atoms with van der Waals surface area (Å²) >= 11 is 0. The fraction of sp³-hybridized carbons (Fsp3) is 0.357. The highest BCUT2D eigenvalue weighted by molar-refractivity contribution is 5.31. The molecule has 1 heterocycles. The van der Waals surface area contributed by atoms with Crippen molar-refractivity contribution in [1.82, 2.24) is 5.16 Å². The number of benzene rings is 1. The lowest BCUT2D eigenvalue weighted by molar-refractivity contribution is 0.300. The lowest BCUT2D eigenvalue weighted by Gasteiger charge is -2.10. The van der Waals surface area contributed by atoms with Crippen LogP contribution in [0.1, 0.15) is 35.5 Å². The van der Waals surface area contributed by atoms with Gasteiger partial charge in [0.15, 0.2) is 0 Å². The maximum absolute atomic E-state index is 13.7.